The van der Waals surface area contributed by atoms with Crippen LogP contribution >= 0.6 is 11.8 Å². The molecule has 1 aromatic rings. The van der Waals surface area contributed by atoms with Crippen molar-refractivity contribution in [1.29, 1.82) is 0 Å². The lowest BCUT2D eigenvalue weighted by Crippen LogP contribution is -2.58. The van der Waals surface area contributed by atoms with Crippen LogP contribution in [0.1, 0.15) is 65.4 Å². The molecule has 4 atom stereocenters. The number of ether oxygens (including phenoxy) is 1. The molecule has 3 aliphatic rings. The van der Waals surface area contributed by atoms with Gasteiger partial charge in [0.15, 0.2) is 5.75 Å². The first-order valence-corrected chi connectivity index (χ1v) is 13.4. The van der Waals surface area contributed by atoms with Gasteiger partial charge in [-0.15, -0.1) is 11.8 Å². The van der Waals surface area contributed by atoms with E-state index in [2.05, 4.69) is 27.7 Å². The molecule has 180 valence electrons. The molecule has 0 bridgehead atoms. The van der Waals surface area contributed by atoms with E-state index < -0.39 is 21.0 Å². The fraction of sp³-hybridized carbons (Fsp3) is 0.739. The zero-order chi connectivity index (χ0) is 23.7. The number of alkyl halides is 3. The van der Waals surface area contributed by atoms with Gasteiger partial charge < -0.3 is 8.92 Å². The van der Waals surface area contributed by atoms with E-state index in [0.29, 0.717) is 11.5 Å². The van der Waals surface area contributed by atoms with Crippen LogP contribution in [0.15, 0.2) is 17.0 Å². The predicted octanol–water partition coefficient (Wildman–Crippen LogP) is 6.53. The molecule has 0 amide bonds. The van der Waals surface area contributed by atoms with Crippen LogP contribution in [0.3, 0.4) is 0 Å². The van der Waals surface area contributed by atoms with Gasteiger partial charge in [-0.2, -0.15) is 21.6 Å². The van der Waals surface area contributed by atoms with Crippen LogP contribution in [-0.2, 0) is 15.5 Å². The summed E-state index contributed by atoms with van der Waals surface area (Å²) in [6, 6.07) is 3.07. The minimum absolute atomic E-state index is 0.0273. The lowest BCUT2D eigenvalue weighted by Gasteiger charge is -2.64. The topological polar surface area (TPSA) is 52.6 Å². The highest BCUT2D eigenvalue weighted by molar-refractivity contribution is 7.99. The number of halogens is 3. The van der Waals surface area contributed by atoms with Crippen molar-refractivity contribution in [3.05, 3.63) is 17.7 Å². The molecule has 4 rings (SSSR count). The molecule has 2 fully saturated rings. The van der Waals surface area contributed by atoms with Gasteiger partial charge in [0.05, 0.1) is 7.11 Å². The highest BCUT2D eigenvalue weighted by atomic mass is 32.2. The Morgan fingerprint density at radius 2 is 1.75 bits per heavy atom. The maximum Gasteiger partial charge on any atom is 0.534 e. The van der Waals surface area contributed by atoms with Gasteiger partial charge in [0.1, 0.15) is 5.75 Å². The summed E-state index contributed by atoms with van der Waals surface area (Å²) in [5, 5.41) is 0. The summed E-state index contributed by atoms with van der Waals surface area (Å²) in [5.41, 5.74) is -5.17. The lowest BCUT2D eigenvalue weighted by molar-refractivity contribution is -0.0976. The molecule has 1 unspecified atom stereocenters. The lowest BCUT2D eigenvalue weighted by atomic mass is 9.43. The first-order valence-electron chi connectivity index (χ1n) is 11.0. The maximum atomic E-state index is 13.2. The fourth-order valence-corrected chi connectivity index (χ4v) is 9.32. The number of hydrogen-bond donors (Lipinski definition) is 0. The Morgan fingerprint density at radius 3 is 2.38 bits per heavy atom. The van der Waals surface area contributed by atoms with Gasteiger partial charge >= 0.3 is 15.6 Å². The number of benzene rings is 1. The fourth-order valence-electron chi connectivity index (χ4n) is 7.09. The third-order valence-corrected chi connectivity index (χ3v) is 10.6. The summed E-state index contributed by atoms with van der Waals surface area (Å²) < 4.78 is 73.5. The van der Waals surface area contributed by atoms with Crippen molar-refractivity contribution in [2.45, 2.75) is 75.6 Å². The van der Waals surface area contributed by atoms with Gasteiger partial charge in [-0.3, -0.25) is 0 Å². The predicted molar refractivity (Wildman–Crippen MR) is 119 cm³/mol. The molecule has 9 heteroatoms. The highest BCUT2D eigenvalue weighted by Crippen LogP contribution is 2.68. The van der Waals surface area contributed by atoms with Crippen LogP contribution in [-0.4, -0.2) is 26.8 Å². The van der Waals surface area contributed by atoms with E-state index in [1.807, 2.05) is 0 Å². The van der Waals surface area contributed by atoms with Gasteiger partial charge in [-0.25, -0.2) is 0 Å². The van der Waals surface area contributed by atoms with Crippen LogP contribution in [0.25, 0.3) is 0 Å². The molecule has 2 aliphatic carbocycles. The Morgan fingerprint density at radius 1 is 1.06 bits per heavy atom. The molecule has 1 heterocycles. The van der Waals surface area contributed by atoms with E-state index in [1.165, 1.54) is 19.6 Å². The van der Waals surface area contributed by atoms with E-state index in [4.69, 9.17) is 8.92 Å². The Balaban J connectivity index is 1.86. The molecule has 1 aliphatic heterocycles. The Kier molecular flexibility index (Phi) is 5.60. The number of methoxy groups -OCH3 is 1. The number of hydrogen-bond acceptors (Lipinski definition) is 5. The summed E-state index contributed by atoms with van der Waals surface area (Å²) in [5.74, 6) is 1.59. The third kappa shape index (κ3) is 3.53. The summed E-state index contributed by atoms with van der Waals surface area (Å²) in [4.78, 5) is 0.743. The van der Waals surface area contributed by atoms with Crippen molar-refractivity contribution in [3.63, 3.8) is 0 Å². The van der Waals surface area contributed by atoms with Crippen molar-refractivity contribution in [1.82, 2.24) is 0 Å². The second kappa shape index (κ2) is 7.45. The minimum Gasteiger partial charge on any atom is -0.497 e. The molecule has 32 heavy (non-hydrogen) atoms. The molecule has 0 spiro atoms. The quantitative estimate of drug-likeness (QED) is 0.355. The van der Waals surface area contributed by atoms with Crippen LogP contribution in [0.2, 0.25) is 0 Å². The monoisotopic (exact) mass is 492 g/mol. The first kappa shape index (κ1) is 24.0. The van der Waals surface area contributed by atoms with Crippen molar-refractivity contribution >= 4 is 21.9 Å². The van der Waals surface area contributed by atoms with Gasteiger partial charge in [0.25, 0.3) is 0 Å². The average molecular weight is 493 g/mol. The zero-order valence-electron chi connectivity index (χ0n) is 19.1. The van der Waals surface area contributed by atoms with Gasteiger partial charge in [-0.05, 0) is 54.4 Å². The SMILES string of the molecule is COc1cc(OS(=O)(=O)C(F)(F)F)c2c(c1)SC[C@H]1[C@@]2(C)CCC2C(C)(C)CCC[C@@]21C. The van der Waals surface area contributed by atoms with E-state index >= 15 is 0 Å². The largest absolute Gasteiger partial charge is 0.534 e. The standard InChI is InChI=1S/C23H31F3O4S2/c1-20(2)8-6-9-21(3)17(20)7-10-22(4)18(21)13-31-16-12-14(29-5)11-15(19(16)22)30-32(27,28)23(24,25)26/h11-12,17-18H,6-10,13H2,1-5H3/t17?,18-,21+,22-/m1/s1. The van der Waals surface area contributed by atoms with Gasteiger partial charge in [0, 0.05) is 27.7 Å². The highest BCUT2D eigenvalue weighted by Gasteiger charge is 2.61. The van der Waals surface area contributed by atoms with Crippen molar-refractivity contribution in [3.8, 4) is 11.5 Å². The summed E-state index contributed by atoms with van der Waals surface area (Å²) in [6.45, 7) is 9.08. The van der Waals surface area contributed by atoms with Crippen molar-refractivity contribution < 1.29 is 30.5 Å². The van der Waals surface area contributed by atoms with Crippen LogP contribution < -0.4 is 8.92 Å². The number of rotatable bonds is 3. The van der Waals surface area contributed by atoms with Crippen LogP contribution in [0.5, 0.6) is 11.5 Å². The van der Waals surface area contributed by atoms with E-state index in [9.17, 15) is 21.6 Å². The second-order valence-electron chi connectivity index (χ2n) is 10.7. The number of thioether (sulfide) groups is 1. The van der Waals surface area contributed by atoms with Crippen LogP contribution in [0, 0.1) is 22.7 Å². The molecular formula is C23H31F3O4S2. The minimum atomic E-state index is -5.80. The van der Waals surface area contributed by atoms with E-state index in [0.717, 1.165) is 36.3 Å². The zero-order valence-corrected chi connectivity index (χ0v) is 20.8. The molecule has 0 aromatic heterocycles. The summed E-state index contributed by atoms with van der Waals surface area (Å²) in [6.07, 6.45) is 5.11. The average Bonchev–Trinajstić information content (AvgIpc) is 2.65. The molecule has 0 N–H and O–H groups in total. The molecule has 0 saturated heterocycles. The Labute approximate surface area is 192 Å². The Hall–Kier alpha value is -1.09. The van der Waals surface area contributed by atoms with Crippen LogP contribution in [0.4, 0.5) is 13.2 Å². The third-order valence-electron chi connectivity index (χ3n) is 8.53. The molecule has 2 saturated carbocycles. The smallest absolute Gasteiger partial charge is 0.497 e. The Bertz CT molecular complexity index is 1020. The van der Waals surface area contributed by atoms with Crippen molar-refractivity contribution in [2.75, 3.05) is 12.9 Å². The summed E-state index contributed by atoms with van der Waals surface area (Å²) in [7, 11) is -4.39. The van der Waals surface area contributed by atoms with Gasteiger partial charge in [0.2, 0.25) is 0 Å². The normalized spacial score (nSPS) is 34.1. The van der Waals surface area contributed by atoms with E-state index in [1.54, 1.807) is 17.8 Å². The van der Waals surface area contributed by atoms with Gasteiger partial charge in [-0.1, -0.05) is 34.1 Å². The molecule has 0 radical (unpaired) electrons. The second-order valence-corrected chi connectivity index (χ2v) is 13.3. The molecule has 4 nitrogen and oxygen atoms in total. The van der Waals surface area contributed by atoms with E-state index in [-0.39, 0.29) is 28.2 Å². The summed E-state index contributed by atoms with van der Waals surface area (Å²) >= 11 is 1.57. The van der Waals surface area contributed by atoms with Crippen molar-refractivity contribution in [2.24, 2.45) is 22.7 Å². The molecule has 1 aromatic carbocycles. The number of fused-ring (bicyclic) bond motifs is 5. The maximum absolute atomic E-state index is 13.2. The molecular weight excluding hydrogens is 461 g/mol. The first-order chi connectivity index (χ1) is 14.7.